The monoisotopic (exact) mass is 312 g/mol. The first-order valence-corrected chi connectivity index (χ1v) is 6.86. The largest absolute Gasteiger partial charge is 1.00 e. The molecule has 1 aliphatic rings. The number of benzene rings is 1. The molecule has 0 aliphatic carbocycles. The molecule has 2 nitrogen and oxygen atoms in total. The summed E-state index contributed by atoms with van der Waals surface area (Å²) in [5.41, 5.74) is 2.73. The third kappa shape index (κ3) is 3.27. The van der Waals surface area contributed by atoms with E-state index in [0.29, 0.717) is 0 Å². The predicted molar refractivity (Wildman–Crippen MR) is 74.5 cm³/mol. The fraction of sp³-hybridized carbons (Fsp3) is 0.600. The first-order valence-electron chi connectivity index (χ1n) is 6.86. The van der Waals surface area contributed by atoms with Crippen molar-refractivity contribution in [1.29, 1.82) is 0 Å². The molecule has 3 heteroatoms. The molecular weight excluding hydrogens is 288 g/mol. The highest BCUT2D eigenvalue weighted by molar-refractivity contribution is 5.47. The summed E-state index contributed by atoms with van der Waals surface area (Å²) >= 11 is 0. The molecule has 2 rings (SSSR count). The SMILES string of the molecule is CC[N+]1(CC)CCN(c2ccc(C)cc2)CC1.[Br-]. The fourth-order valence-corrected chi connectivity index (χ4v) is 2.76. The average molecular weight is 313 g/mol. The molecule has 0 spiro atoms. The lowest BCUT2D eigenvalue weighted by atomic mass is 10.1. The Balaban J connectivity index is 0.00000162. The van der Waals surface area contributed by atoms with Gasteiger partial charge in [0.05, 0.1) is 39.3 Å². The van der Waals surface area contributed by atoms with Crippen LogP contribution in [0.3, 0.4) is 0 Å². The van der Waals surface area contributed by atoms with Gasteiger partial charge >= 0.3 is 0 Å². The number of hydrogen-bond acceptors (Lipinski definition) is 1. The summed E-state index contributed by atoms with van der Waals surface area (Å²) in [5, 5.41) is 0. The van der Waals surface area contributed by atoms with Gasteiger partial charge in [0.2, 0.25) is 0 Å². The maximum absolute atomic E-state index is 2.53. The number of likely N-dealkylation sites (N-methyl/N-ethyl adjacent to an activating group) is 1. The number of nitrogens with zero attached hydrogens (tertiary/aromatic N) is 2. The van der Waals surface area contributed by atoms with E-state index in [1.54, 1.807) is 0 Å². The molecule has 0 aromatic heterocycles. The highest BCUT2D eigenvalue weighted by atomic mass is 79.9. The van der Waals surface area contributed by atoms with Gasteiger partial charge in [-0.3, -0.25) is 0 Å². The van der Waals surface area contributed by atoms with E-state index in [0.717, 1.165) is 0 Å². The molecule has 0 radical (unpaired) electrons. The minimum Gasteiger partial charge on any atom is -1.00 e. The van der Waals surface area contributed by atoms with Gasteiger partial charge in [-0.2, -0.15) is 0 Å². The van der Waals surface area contributed by atoms with Crippen LogP contribution in [0.25, 0.3) is 0 Å². The Bertz CT molecular complexity index is 347. The molecule has 1 heterocycles. The van der Waals surface area contributed by atoms with E-state index < -0.39 is 0 Å². The highest BCUT2D eigenvalue weighted by Gasteiger charge is 2.29. The number of aryl methyl sites for hydroxylation is 1. The summed E-state index contributed by atoms with van der Waals surface area (Å²) in [6, 6.07) is 8.94. The van der Waals surface area contributed by atoms with Gasteiger partial charge in [-0.15, -0.1) is 0 Å². The van der Waals surface area contributed by atoms with Crippen molar-refractivity contribution in [2.45, 2.75) is 20.8 Å². The van der Waals surface area contributed by atoms with Gasteiger partial charge in [0.1, 0.15) is 0 Å². The third-order valence-corrected chi connectivity index (χ3v) is 4.43. The molecule has 0 atom stereocenters. The van der Waals surface area contributed by atoms with Gasteiger partial charge in [0, 0.05) is 5.69 Å². The van der Waals surface area contributed by atoms with Crippen LogP contribution in [0.1, 0.15) is 19.4 Å². The Kier molecular flexibility index (Phi) is 5.67. The number of anilines is 1. The molecule has 102 valence electrons. The van der Waals surface area contributed by atoms with Gasteiger partial charge in [-0.05, 0) is 32.9 Å². The second-order valence-corrected chi connectivity index (χ2v) is 5.24. The smallest absolute Gasteiger partial charge is 0.0965 e. The summed E-state index contributed by atoms with van der Waals surface area (Å²) in [4.78, 5) is 2.53. The standard InChI is InChI=1S/C15H25N2.BrH/c1-4-17(5-2)12-10-16(11-13-17)15-8-6-14(3)7-9-15;/h6-9H,4-5,10-13H2,1-3H3;1H/q+1;/p-1. The molecule has 1 aromatic carbocycles. The van der Waals surface area contributed by atoms with Crippen LogP contribution in [0.15, 0.2) is 24.3 Å². The van der Waals surface area contributed by atoms with Crippen LogP contribution in [0, 0.1) is 6.92 Å². The summed E-state index contributed by atoms with van der Waals surface area (Å²) < 4.78 is 1.29. The molecule has 0 amide bonds. The van der Waals surface area contributed by atoms with E-state index in [1.807, 2.05) is 0 Å². The van der Waals surface area contributed by atoms with Crippen molar-refractivity contribution < 1.29 is 21.5 Å². The van der Waals surface area contributed by atoms with Gasteiger partial charge in [-0.25, -0.2) is 0 Å². The second kappa shape index (κ2) is 6.58. The maximum atomic E-state index is 2.53. The normalized spacial score (nSPS) is 18.3. The first-order chi connectivity index (χ1) is 8.19. The predicted octanol–water partition coefficient (Wildman–Crippen LogP) is -0.324. The average Bonchev–Trinajstić information content (AvgIpc) is 2.40. The molecule has 1 fully saturated rings. The van der Waals surface area contributed by atoms with Crippen LogP contribution in [0.2, 0.25) is 0 Å². The Morgan fingerprint density at radius 1 is 1.00 bits per heavy atom. The zero-order chi connectivity index (χ0) is 12.3. The lowest BCUT2D eigenvalue weighted by Crippen LogP contribution is -3.00. The molecule has 0 unspecified atom stereocenters. The van der Waals surface area contributed by atoms with Crippen molar-refractivity contribution in [3.8, 4) is 0 Å². The van der Waals surface area contributed by atoms with Crippen molar-refractivity contribution in [3.05, 3.63) is 29.8 Å². The van der Waals surface area contributed by atoms with Crippen LogP contribution in [-0.4, -0.2) is 43.8 Å². The van der Waals surface area contributed by atoms with E-state index >= 15 is 0 Å². The van der Waals surface area contributed by atoms with Crippen LogP contribution in [0.4, 0.5) is 5.69 Å². The number of piperazine rings is 1. The quantitative estimate of drug-likeness (QED) is 0.691. The van der Waals surface area contributed by atoms with Gasteiger partial charge in [-0.1, -0.05) is 17.7 Å². The topological polar surface area (TPSA) is 3.24 Å². The zero-order valence-electron chi connectivity index (χ0n) is 11.8. The van der Waals surface area contributed by atoms with Crippen LogP contribution < -0.4 is 21.9 Å². The number of hydrogen-bond donors (Lipinski definition) is 0. The molecule has 0 N–H and O–H groups in total. The molecule has 1 saturated heterocycles. The van der Waals surface area contributed by atoms with E-state index in [4.69, 9.17) is 0 Å². The molecular formula is C15H25BrN2. The van der Waals surface area contributed by atoms with Gasteiger partial charge in [0.15, 0.2) is 0 Å². The zero-order valence-corrected chi connectivity index (χ0v) is 13.4. The van der Waals surface area contributed by atoms with E-state index in [9.17, 15) is 0 Å². The Labute approximate surface area is 122 Å². The Hall–Kier alpha value is -0.540. The van der Waals surface area contributed by atoms with Crippen LogP contribution in [-0.2, 0) is 0 Å². The summed E-state index contributed by atoms with van der Waals surface area (Å²) in [7, 11) is 0. The van der Waals surface area contributed by atoms with Crippen molar-refractivity contribution >= 4 is 5.69 Å². The third-order valence-electron chi connectivity index (χ3n) is 4.43. The van der Waals surface area contributed by atoms with Crippen molar-refractivity contribution in [2.24, 2.45) is 0 Å². The fourth-order valence-electron chi connectivity index (χ4n) is 2.76. The Morgan fingerprint density at radius 2 is 1.50 bits per heavy atom. The summed E-state index contributed by atoms with van der Waals surface area (Å²) in [5.74, 6) is 0. The maximum Gasteiger partial charge on any atom is 0.0965 e. The van der Waals surface area contributed by atoms with Crippen LogP contribution in [0.5, 0.6) is 0 Å². The van der Waals surface area contributed by atoms with E-state index in [1.165, 1.54) is 55.0 Å². The lowest BCUT2D eigenvalue weighted by molar-refractivity contribution is -0.925. The molecule has 0 saturated carbocycles. The molecule has 0 bridgehead atoms. The molecule has 1 aromatic rings. The summed E-state index contributed by atoms with van der Waals surface area (Å²) in [6.07, 6.45) is 0. The highest BCUT2D eigenvalue weighted by Crippen LogP contribution is 2.20. The lowest BCUT2D eigenvalue weighted by Gasteiger charge is -2.44. The molecule has 1 aliphatic heterocycles. The van der Waals surface area contributed by atoms with Crippen molar-refractivity contribution in [2.75, 3.05) is 44.2 Å². The summed E-state index contributed by atoms with van der Waals surface area (Å²) in [6.45, 7) is 14.3. The van der Waals surface area contributed by atoms with Crippen molar-refractivity contribution in [3.63, 3.8) is 0 Å². The number of rotatable bonds is 3. The number of quaternary nitrogens is 1. The minimum atomic E-state index is 0. The van der Waals surface area contributed by atoms with E-state index in [-0.39, 0.29) is 17.0 Å². The van der Waals surface area contributed by atoms with E-state index in [2.05, 4.69) is 49.9 Å². The van der Waals surface area contributed by atoms with Crippen molar-refractivity contribution in [1.82, 2.24) is 0 Å². The Morgan fingerprint density at radius 3 is 1.94 bits per heavy atom. The number of halogens is 1. The minimum absolute atomic E-state index is 0. The van der Waals surface area contributed by atoms with Gasteiger partial charge in [0.25, 0.3) is 0 Å². The van der Waals surface area contributed by atoms with Gasteiger partial charge < -0.3 is 26.4 Å². The second-order valence-electron chi connectivity index (χ2n) is 5.24. The molecule has 18 heavy (non-hydrogen) atoms. The first kappa shape index (κ1) is 15.5. The van der Waals surface area contributed by atoms with Crippen LogP contribution >= 0.6 is 0 Å².